The van der Waals surface area contributed by atoms with Gasteiger partial charge in [-0.1, -0.05) is 6.07 Å². The van der Waals surface area contributed by atoms with E-state index in [0.717, 1.165) is 44.5 Å². The summed E-state index contributed by atoms with van der Waals surface area (Å²) in [5, 5.41) is 10.9. The fourth-order valence-electron chi connectivity index (χ4n) is 3.87. The largest absolute Gasteiger partial charge is 0.309 e. The zero-order valence-corrected chi connectivity index (χ0v) is 18.9. The summed E-state index contributed by atoms with van der Waals surface area (Å²) < 4.78 is 16.1. The van der Waals surface area contributed by atoms with Gasteiger partial charge in [0.2, 0.25) is 11.8 Å². The lowest BCUT2D eigenvalue weighted by molar-refractivity contribution is 0.100. The van der Waals surface area contributed by atoms with Gasteiger partial charge < -0.3 is 10.2 Å². The predicted octanol–water partition coefficient (Wildman–Crippen LogP) is 2.41. The van der Waals surface area contributed by atoms with Crippen LogP contribution in [0, 0.1) is 5.82 Å². The molecular formula is C23H24FN9O. The van der Waals surface area contributed by atoms with Crippen molar-refractivity contribution in [3.05, 3.63) is 60.1 Å². The van der Waals surface area contributed by atoms with E-state index < -0.39 is 5.82 Å². The van der Waals surface area contributed by atoms with E-state index in [1.807, 2.05) is 18.3 Å². The maximum Gasteiger partial charge on any atom is 0.229 e. The average Bonchev–Trinajstić information content (AvgIpc) is 3.27. The third-order valence-electron chi connectivity index (χ3n) is 5.80. The Morgan fingerprint density at radius 1 is 1.06 bits per heavy atom. The Balaban J connectivity index is 1.33. The van der Waals surface area contributed by atoms with Crippen LogP contribution >= 0.6 is 0 Å². The van der Waals surface area contributed by atoms with Gasteiger partial charge in [-0.25, -0.2) is 19.3 Å². The van der Waals surface area contributed by atoms with Gasteiger partial charge in [-0.2, -0.15) is 0 Å². The van der Waals surface area contributed by atoms with E-state index in [2.05, 4.69) is 47.3 Å². The number of halogens is 1. The fourth-order valence-corrected chi connectivity index (χ4v) is 3.87. The summed E-state index contributed by atoms with van der Waals surface area (Å²) in [6.07, 6.45) is 4.52. The molecule has 0 bridgehead atoms. The van der Waals surface area contributed by atoms with Gasteiger partial charge in [-0.3, -0.25) is 14.1 Å². The van der Waals surface area contributed by atoms with Crippen molar-refractivity contribution in [2.45, 2.75) is 13.5 Å². The van der Waals surface area contributed by atoms with Crippen molar-refractivity contribution in [1.29, 1.82) is 0 Å². The Morgan fingerprint density at radius 3 is 2.62 bits per heavy atom. The lowest BCUT2D eigenvalue weighted by atomic mass is 10.2. The molecule has 5 heterocycles. The highest BCUT2D eigenvalue weighted by atomic mass is 19.1. The van der Waals surface area contributed by atoms with Gasteiger partial charge in [0, 0.05) is 57.6 Å². The molecule has 0 atom stereocenters. The number of Topliss-reactive ketones (excluding diaryl/α,β-unsaturated/α-hetero) is 1. The van der Waals surface area contributed by atoms with E-state index in [4.69, 9.17) is 0 Å². The highest BCUT2D eigenvalue weighted by Gasteiger charge is 2.16. The molecule has 1 N–H and O–H groups in total. The molecule has 11 heteroatoms. The van der Waals surface area contributed by atoms with Crippen molar-refractivity contribution in [3.63, 3.8) is 0 Å². The number of carbonyl (C=O) groups excluding carboxylic acids is 1. The first-order valence-corrected chi connectivity index (χ1v) is 11.0. The SMILES string of the molecule is CC(=O)c1nnc2ccc(-c3nc(Nc4ccc(CN5CCN(C)CC5)cn4)ncc3F)cn12. The van der Waals surface area contributed by atoms with Crippen LogP contribution in [0.3, 0.4) is 0 Å². The minimum atomic E-state index is -0.585. The van der Waals surface area contributed by atoms with E-state index >= 15 is 0 Å². The van der Waals surface area contributed by atoms with Crippen LogP contribution in [0.15, 0.2) is 42.9 Å². The number of nitrogens with zero attached hydrogens (tertiary/aromatic N) is 8. The molecule has 0 radical (unpaired) electrons. The van der Waals surface area contributed by atoms with Crippen LogP contribution in [-0.2, 0) is 6.54 Å². The number of hydrogen-bond donors (Lipinski definition) is 1. The van der Waals surface area contributed by atoms with Crippen LogP contribution in [-0.4, -0.2) is 78.4 Å². The fraction of sp³-hybridized carbons (Fsp3) is 0.304. The third-order valence-corrected chi connectivity index (χ3v) is 5.80. The molecule has 0 spiro atoms. The molecule has 0 aliphatic carbocycles. The minimum absolute atomic E-state index is 0.0919. The second kappa shape index (κ2) is 9.20. The Hall–Kier alpha value is -3.83. The molecule has 34 heavy (non-hydrogen) atoms. The quantitative estimate of drug-likeness (QED) is 0.434. The number of aromatic nitrogens is 6. The Bertz CT molecular complexity index is 1330. The molecular weight excluding hydrogens is 437 g/mol. The van der Waals surface area contributed by atoms with Crippen LogP contribution in [0.5, 0.6) is 0 Å². The maximum absolute atomic E-state index is 14.6. The summed E-state index contributed by atoms with van der Waals surface area (Å²) in [6, 6.07) is 7.21. The number of pyridine rings is 2. The zero-order valence-electron chi connectivity index (χ0n) is 18.9. The first-order chi connectivity index (χ1) is 16.5. The number of likely N-dealkylation sites (N-methyl/N-ethyl adjacent to an activating group) is 1. The van der Waals surface area contributed by atoms with Gasteiger partial charge >= 0.3 is 0 Å². The lowest BCUT2D eigenvalue weighted by Gasteiger charge is -2.32. The van der Waals surface area contributed by atoms with E-state index in [9.17, 15) is 9.18 Å². The lowest BCUT2D eigenvalue weighted by Crippen LogP contribution is -2.43. The van der Waals surface area contributed by atoms with Crippen LogP contribution in [0.4, 0.5) is 16.2 Å². The van der Waals surface area contributed by atoms with Crippen molar-refractivity contribution >= 4 is 23.2 Å². The highest BCUT2D eigenvalue weighted by molar-refractivity contribution is 5.91. The van der Waals surface area contributed by atoms with Crippen LogP contribution in [0.1, 0.15) is 23.1 Å². The number of anilines is 2. The monoisotopic (exact) mass is 461 g/mol. The molecule has 174 valence electrons. The molecule has 0 unspecified atom stereocenters. The molecule has 0 amide bonds. The van der Waals surface area contributed by atoms with Gasteiger partial charge in [0.05, 0.1) is 6.20 Å². The summed E-state index contributed by atoms with van der Waals surface area (Å²) in [7, 11) is 2.14. The first kappa shape index (κ1) is 22.0. The molecule has 1 aliphatic heterocycles. The summed E-state index contributed by atoms with van der Waals surface area (Å²) in [4.78, 5) is 29.4. The number of nitrogens with one attached hydrogen (secondary N) is 1. The second-order valence-corrected chi connectivity index (χ2v) is 8.37. The van der Waals surface area contributed by atoms with Crippen LogP contribution in [0.25, 0.3) is 16.9 Å². The summed E-state index contributed by atoms with van der Waals surface area (Å²) in [5.41, 5.74) is 2.17. The standard InChI is InChI=1S/C23H24FN9O/c1-15(34)22-30-29-20-6-4-17(14-33(20)22)21-18(24)12-26-23(28-21)27-19-5-3-16(11-25-19)13-32-9-7-31(2)8-10-32/h3-6,11-12,14H,7-10,13H2,1-2H3,(H,25,26,27,28). The van der Waals surface area contributed by atoms with Crippen molar-refractivity contribution in [3.8, 4) is 11.3 Å². The van der Waals surface area contributed by atoms with Gasteiger partial charge in [0.25, 0.3) is 0 Å². The Morgan fingerprint density at radius 2 is 1.88 bits per heavy atom. The van der Waals surface area contributed by atoms with Crippen molar-refractivity contribution in [2.24, 2.45) is 0 Å². The maximum atomic E-state index is 14.6. The van der Waals surface area contributed by atoms with Crippen LogP contribution < -0.4 is 5.32 Å². The smallest absolute Gasteiger partial charge is 0.229 e. The Kier molecular flexibility index (Phi) is 5.95. The molecule has 4 aromatic rings. The summed E-state index contributed by atoms with van der Waals surface area (Å²) >= 11 is 0. The highest BCUT2D eigenvalue weighted by Crippen LogP contribution is 2.23. The first-order valence-electron chi connectivity index (χ1n) is 11.0. The average molecular weight is 462 g/mol. The minimum Gasteiger partial charge on any atom is -0.309 e. The van der Waals surface area contributed by atoms with E-state index in [-0.39, 0.29) is 23.2 Å². The van der Waals surface area contributed by atoms with Gasteiger partial charge in [0.1, 0.15) is 11.5 Å². The van der Waals surface area contributed by atoms with Gasteiger partial charge in [-0.05, 0) is 30.8 Å². The number of rotatable bonds is 6. The van der Waals surface area contributed by atoms with Crippen molar-refractivity contribution in [2.75, 3.05) is 38.5 Å². The molecule has 1 aliphatic rings. The van der Waals surface area contributed by atoms with Crippen LogP contribution in [0.2, 0.25) is 0 Å². The van der Waals surface area contributed by atoms with Crippen molar-refractivity contribution < 1.29 is 9.18 Å². The number of hydrogen-bond acceptors (Lipinski definition) is 9. The van der Waals surface area contributed by atoms with Crippen molar-refractivity contribution in [1.82, 2.24) is 39.3 Å². The zero-order chi connectivity index (χ0) is 23.7. The van der Waals surface area contributed by atoms with E-state index in [1.54, 1.807) is 18.3 Å². The Labute approximate surface area is 195 Å². The molecule has 0 aromatic carbocycles. The molecule has 5 rings (SSSR count). The normalized spacial score (nSPS) is 15.0. The molecule has 10 nitrogen and oxygen atoms in total. The second-order valence-electron chi connectivity index (χ2n) is 8.37. The summed E-state index contributed by atoms with van der Waals surface area (Å²) in [5.74, 6) is 0.125. The van der Waals surface area contributed by atoms with E-state index in [1.165, 1.54) is 11.3 Å². The number of ketones is 1. The molecule has 0 saturated carbocycles. The van der Waals surface area contributed by atoms with Gasteiger partial charge in [0.15, 0.2) is 17.2 Å². The number of piperazine rings is 1. The topological polar surface area (TPSA) is 104 Å². The third kappa shape index (κ3) is 4.61. The number of fused-ring (bicyclic) bond motifs is 1. The molecule has 1 fully saturated rings. The summed E-state index contributed by atoms with van der Waals surface area (Å²) in [6.45, 7) is 6.47. The number of carbonyl (C=O) groups is 1. The van der Waals surface area contributed by atoms with Gasteiger partial charge in [-0.15, -0.1) is 10.2 Å². The molecule has 1 saturated heterocycles. The molecule has 4 aromatic heterocycles. The van der Waals surface area contributed by atoms with E-state index in [0.29, 0.717) is 17.0 Å². The predicted molar refractivity (Wildman–Crippen MR) is 124 cm³/mol.